The Morgan fingerprint density at radius 2 is 1.74 bits per heavy atom. The molecule has 1 N–H and O–H groups in total. The van der Waals surface area contributed by atoms with E-state index in [-0.39, 0.29) is 47.7 Å². The van der Waals surface area contributed by atoms with Crippen LogP contribution in [-0.2, 0) is 28.6 Å². The minimum absolute atomic E-state index is 0.0165. The molecule has 1 heterocycles. The Morgan fingerprint density at radius 3 is 2.37 bits per heavy atom. The van der Waals surface area contributed by atoms with Crippen molar-refractivity contribution in [1.29, 1.82) is 0 Å². The van der Waals surface area contributed by atoms with Crippen molar-refractivity contribution < 1.29 is 27.5 Å². The Labute approximate surface area is 221 Å². The molecule has 1 aliphatic heterocycles. The number of rotatable bonds is 9. The van der Waals surface area contributed by atoms with Gasteiger partial charge in [-0.3, -0.25) is 9.59 Å². The van der Waals surface area contributed by atoms with Crippen molar-refractivity contribution >= 4 is 11.8 Å². The maximum atomic E-state index is 14.0. The van der Waals surface area contributed by atoms with Gasteiger partial charge in [0, 0.05) is 25.4 Å². The second-order valence-corrected chi connectivity index (χ2v) is 9.84. The third-order valence-corrected chi connectivity index (χ3v) is 7.37. The van der Waals surface area contributed by atoms with Gasteiger partial charge >= 0.3 is 6.18 Å². The van der Waals surface area contributed by atoms with Crippen LogP contribution in [0.15, 0.2) is 66.8 Å². The summed E-state index contributed by atoms with van der Waals surface area (Å²) < 4.78 is 47.7. The van der Waals surface area contributed by atoms with E-state index in [9.17, 15) is 22.8 Å². The van der Waals surface area contributed by atoms with Gasteiger partial charge in [0.15, 0.2) is 0 Å². The van der Waals surface area contributed by atoms with Gasteiger partial charge in [-0.2, -0.15) is 13.2 Å². The SMILES string of the molecule is CCC(Cc1ccc(Oc2ccc(CC3C(=O)NC4C=CC=CC43)cc2C(F)(F)F)cc1)N(CC)C(C)=O. The van der Waals surface area contributed by atoms with Crippen molar-refractivity contribution in [3.63, 3.8) is 0 Å². The largest absolute Gasteiger partial charge is 0.457 e. The monoisotopic (exact) mass is 526 g/mol. The summed E-state index contributed by atoms with van der Waals surface area (Å²) in [6, 6.07) is 10.8. The summed E-state index contributed by atoms with van der Waals surface area (Å²) in [5.41, 5.74) is 0.523. The lowest BCUT2D eigenvalue weighted by molar-refractivity contribution is -0.138. The van der Waals surface area contributed by atoms with E-state index in [1.54, 1.807) is 25.1 Å². The number of halogens is 3. The summed E-state index contributed by atoms with van der Waals surface area (Å²) in [5.74, 6) is -0.646. The quantitative estimate of drug-likeness (QED) is 0.431. The van der Waals surface area contributed by atoms with Gasteiger partial charge in [0.25, 0.3) is 0 Å². The molecule has 38 heavy (non-hydrogen) atoms. The molecule has 0 spiro atoms. The van der Waals surface area contributed by atoms with Gasteiger partial charge in [0.1, 0.15) is 11.5 Å². The van der Waals surface area contributed by atoms with Crippen molar-refractivity contribution in [3.8, 4) is 11.5 Å². The number of likely N-dealkylation sites (N-methyl/N-ethyl adjacent to an activating group) is 1. The standard InChI is InChI=1S/C30H33F3N2O3/c1-4-22(35(5-2)19(3)36)16-20-10-13-23(14-11-20)38-28-15-12-21(18-26(28)30(31,32)33)17-25-24-8-6-7-9-27(24)34-29(25)37/h6-15,18,22,24-25,27H,4-5,16-17H2,1-3H3,(H,34,37). The molecule has 2 amide bonds. The number of benzene rings is 2. The molecule has 8 heteroatoms. The van der Waals surface area contributed by atoms with E-state index >= 15 is 0 Å². The highest BCUT2D eigenvalue weighted by Gasteiger charge is 2.41. The molecule has 1 saturated heterocycles. The van der Waals surface area contributed by atoms with E-state index in [0.29, 0.717) is 18.5 Å². The zero-order chi connectivity index (χ0) is 27.4. The first-order chi connectivity index (χ1) is 18.1. The number of nitrogens with zero attached hydrogens (tertiary/aromatic N) is 1. The summed E-state index contributed by atoms with van der Waals surface area (Å²) >= 11 is 0. The number of hydrogen-bond donors (Lipinski definition) is 1. The van der Waals surface area contributed by atoms with E-state index in [4.69, 9.17) is 4.74 Å². The van der Waals surface area contributed by atoms with Crippen molar-refractivity contribution in [1.82, 2.24) is 10.2 Å². The van der Waals surface area contributed by atoms with E-state index < -0.39 is 17.7 Å². The van der Waals surface area contributed by atoms with Crippen LogP contribution in [0.25, 0.3) is 0 Å². The number of amides is 2. The lowest BCUT2D eigenvalue weighted by atomic mass is 9.83. The average Bonchev–Trinajstić information content (AvgIpc) is 3.19. The molecule has 2 aromatic carbocycles. The summed E-state index contributed by atoms with van der Waals surface area (Å²) in [7, 11) is 0. The first kappa shape index (κ1) is 27.5. The van der Waals surface area contributed by atoms with Crippen LogP contribution in [0.4, 0.5) is 13.2 Å². The van der Waals surface area contributed by atoms with Crippen LogP contribution < -0.4 is 10.1 Å². The lowest BCUT2D eigenvalue weighted by Gasteiger charge is -2.29. The maximum Gasteiger partial charge on any atom is 0.419 e. The highest BCUT2D eigenvalue weighted by atomic mass is 19.4. The van der Waals surface area contributed by atoms with Gasteiger partial charge in [-0.1, -0.05) is 49.4 Å². The van der Waals surface area contributed by atoms with Gasteiger partial charge in [0.05, 0.1) is 17.5 Å². The predicted octanol–water partition coefficient (Wildman–Crippen LogP) is 6.09. The van der Waals surface area contributed by atoms with Gasteiger partial charge < -0.3 is 15.0 Å². The van der Waals surface area contributed by atoms with Crippen LogP contribution in [0.2, 0.25) is 0 Å². The topological polar surface area (TPSA) is 58.6 Å². The first-order valence-electron chi connectivity index (χ1n) is 13.0. The van der Waals surface area contributed by atoms with Crippen molar-refractivity contribution in [2.24, 2.45) is 11.8 Å². The van der Waals surface area contributed by atoms with E-state index in [1.807, 2.05) is 55.2 Å². The summed E-state index contributed by atoms with van der Waals surface area (Å²) in [4.78, 5) is 26.2. The molecule has 1 fully saturated rings. The van der Waals surface area contributed by atoms with Gasteiger partial charge in [-0.05, 0) is 61.6 Å². The summed E-state index contributed by atoms with van der Waals surface area (Å²) in [6.07, 6.45) is 4.58. The van der Waals surface area contributed by atoms with Crippen LogP contribution >= 0.6 is 0 Å². The average molecular weight is 527 g/mol. The van der Waals surface area contributed by atoms with Crippen LogP contribution in [0.3, 0.4) is 0 Å². The zero-order valence-electron chi connectivity index (χ0n) is 21.8. The molecule has 4 rings (SSSR count). The number of ether oxygens (including phenoxy) is 1. The van der Waals surface area contributed by atoms with E-state index in [0.717, 1.165) is 18.1 Å². The molecule has 0 radical (unpaired) electrons. The number of allylic oxidation sites excluding steroid dienone is 2. The van der Waals surface area contributed by atoms with Crippen LogP contribution in [0.5, 0.6) is 11.5 Å². The molecule has 0 aromatic heterocycles. The molecule has 4 atom stereocenters. The number of carbonyl (C=O) groups is 2. The fourth-order valence-electron chi connectivity index (χ4n) is 5.40. The Balaban J connectivity index is 1.50. The predicted molar refractivity (Wildman–Crippen MR) is 140 cm³/mol. The molecule has 202 valence electrons. The molecule has 2 aliphatic rings. The molecule has 4 unspecified atom stereocenters. The molecular weight excluding hydrogens is 493 g/mol. The molecular formula is C30H33F3N2O3. The number of alkyl halides is 3. The maximum absolute atomic E-state index is 14.0. The van der Waals surface area contributed by atoms with E-state index in [1.165, 1.54) is 6.07 Å². The van der Waals surface area contributed by atoms with Gasteiger partial charge in [0.2, 0.25) is 11.8 Å². The highest BCUT2D eigenvalue weighted by Crippen LogP contribution is 2.40. The fourth-order valence-corrected chi connectivity index (χ4v) is 5.40. The third-order valence-electron chi connectivity index (χ3n) is 7.37. The lowest BCUT2D eigenvalue weighted by Crippen LogP contribution is -2.39. The van der Waals surface area contributed by atoms with Crippen LogP contribution in [0, 0.1) is 11.8 Å². The Kier molecular flexibility index (Phi) is 8.29. The number of hydrogen-bond acceptors (Lipinski definition) is 3. The second kappa shape index (κ2) is 11.5. The van der Waals surface area contributed by atoms with E-state index in [2.05, 4.69) is 5.32 Å². The van der Waals surface area contributed by atoms with Crippen molar-refractivity contribution in [2.45, 2.75) is 58.3 Å². The molecule has 1 aliphatic carbocycles. The van der Waals surface area contributed by atoms with Crippen LogP contribution in [-0.4, -0.2) is 35.3 Å². The Hall–Kier alpha value is -3.55. The summed E-state index contributed by atoms with van der Waals surface area (Å²) in [6.45, 7) is 6.13. The molecule has 0 bridgehead atoms. The summed E-state index contributed by atoms with van der Waals surface area (Å²) in [5, 5.41) is 2.91. The second-order valence-electron chi connectivity index (χ2n) is 9.84. The first-order valence-corrected chi connectivity index (χ1v) is 13.0. The van der Waals surface area contributed by atoms with Crippen LogP contribution in [0.1, 0.15) is 43.9 Å². The minimum atomic E-state index is -4.62. The molecule has 0 saturated carbocycles. The Bertz CT molecular complexity index is 1220. The zero-order valence-corrected chi connectivity index (χ0v) is 21.8. The van der Waals surface area contributed by atoms with Crippen molar-refractivity contribution in [3.05, 3.63) is 83.5 Å². The third kappa shape index (κ3) is 6.11. The molecule has 5 nitrogen and oxygen atoms in total. The van der Waals surface area contributed by atoms with Crippen molar-refractivity contribution in [2.75, 3.05) is 6.54 Å². The smallest absolute Gasteiger partial charge is 0.419 e. The number of fused-ring (bicyclic) bond motifs is 1. The normalized spacial score (nSPS) is 21.1. The minimum Gasteiger partial charge on any atom is -0.457 e. The molecule has 2 aromatic rings. The fraction of sp³-hybridized carbons (Fsp3) is 0.400. The van der Waals surface area contributed by atoms with Gasteiger partial charge in [-0.25, -0.2) is 0 Å². The van der Waals surface area contributed by atoms with Gasteiger partial charge in [-0.15, -0.1) is 0 Å². The number of carbonyl (C=O) groups excluding carboxylic acids is 2. The Morgan fingerprint density at radius 1 is 1.05 bits per heavy atom. The highest BCUT2D eigenvalue weighted by molar-refractivity contribution is 5.83. The number of nitrogens with one attached hydrogen (secondary N) is 1.